The number of unbranched alkanes of at least 4 members (excludes halogenated alkanes) is 1. The Morgan fingerprint density at radius 1 is 1.31 bits per heavy atom. The smallest absolute Gasteiger partial charge is 0.103 e. The Balaban J connectivity index is 2.01. The second kappa shape index (κ2) is 4.98. The standard InChI is InChI=1S/C14H21NO/c1-2-3-10-15-11-9-14(16,12-15)13-7-5-4-6-8-13/h4-8,16H,2-3,9-12H2,1H3. The van der Waals surface area contributed by atoms with Crippen molar-refractivity contribution in [2.75, 3.05) is 19.6 Å². The number of β-amino-alcohol motifs (C(OH)–C–C–N with tert-alkyl or cyclic N) is 1. The first-order valence-electron chi connectivity index (χ1n) is 6.25. The van der Waals surface area contributed by atoms with Gasteiger partial charge in [-0.3, -0.25) is 0 Å². The van der Waals surface area contributed by atoms with Crippen LogP contribution in [0, 0.1) is 0 Å². The van der Waals surface area contributed by atoms with Gasteiger partial charge in [0.1, 0.15) is 5.60 Å². The van der Waals surface area contributed by atoms with Crippen LogP contribution in [0.15, 0.2) is 30.3 Å². The summed E-state index contributed by atoms with van der Waals surface area (Å²) >= 11 is 0. The Bertz CT molecular complexity index is 325. The first kappa shape index (κ1) is 11.6. The fourth-order valence-electron chi connectivity index (χ4n) is 2.43. The second-order valence-electron chi connectivity index (χ2n) is 4.78. The molecule has 88 valence electrons. The van der Waals surface area contributed by atoms with Gasteiger partial charge in [-0.15, -0.1) is 0 Å². The molecule has 1 aliphatic rings. The molecule has 2 heteroatoms. The monoisotopic (exact) mass is 219 g/mol. The van der Waals surface area contributed by atoms with Crippen LogP contribution >= 0.6 is 0 Å². The zero-order valence-electron chi connectivity index (χ0n) is 10.0. The van der Waals surface area contributed by atoms with Crippen LogP contribution < -0.4 is 0 Å². The maximum absolute atomic E-state index is 10.6. The van der Waals surface area contributed by atoms with Gasteiger partial charge in [-0.2, -0.15) is 0 Å². The summed E-state index contributed by atoms with van der Waals surface area (Å²) in [6.07, 6.45) is 3.31. The Hall–Kier alpha value is -0.860. The van der Waals surface area contributed by atoms with Crippen molar-refractivity contribution in [2.24, 2.45) is 0 Å². The molecule has 2 nitrogen and oxygen atoms in total. The van der Waals surface area contributed by atoms with Gasteiger partial charge in [0, 0.05) is 13.1 Å². The van der Waals surface area contributed by atoms with E-state index in [1.54, 1.807) is 0 Å². The van der Waals surface area contributed by atoms with Crippen LogP contribution in [-0.2, 0) is 5.60 Å². The molecule has 0 spiro atoms. The van der Waals surface area contributed by atoms with Crippen molar-refractivity contribution < 1.29 is 5.11 Å². The number of benzene rings is 1. The lowest BCUT2D eigenvalue weighted by Crippen LogP contribution is -2.31. The first-order chi connectivity index (χ1) is 7.74. The first-order valence-corrected chi connectivity index (χ1v) is 6.25. The number of aliphatic hydroxyl groups is 1. The fraction of sp³-hybridized carbons (Fsp3) is 0.571. The molecule has 2 rings (SSSR count). The predicted octanol–water partition coefficient (Wildman–Crippen LogP) is 2.38. The van der Waals surface area contributed by atoms with Crippen LogP contribution in [0.5, 0.6) is 0 Å². The Labute approximate surface area is 97.9 Å². The lowest BCUT2D eigenvalue weighted by Gasteiger charge is -2.24. The van der Waals surface area contributed by atoms with E-state index in [-0.39, 0.29) is 0 Å². The van der Waals surface area contributed by atoms with Crippen molar-refractivity contribution in [3.8, 4) is 0 Å². The third-order valence-electron chi connectivity index (χ3n) is 3.47. The number of hydrogen-bond donors (Lipinski definition) is 1. The van der Waals surface area contributed by atoms with E-state index in [2.05, 4.69) is 11.8 Å². The summed E-state index contributed by atoms with van der Waals surface area (Å²) in [6.45, 7) is 5.13. The molecule has 1 unspecified atom stereocenters. The van der Waals surface area contributed by atoms with Crippen molar-refractivity contribution in [1.82, 2.24) is 4.90 Å². The van der Waals surface area contributed by atoms with E-state index in [1.165, 1.54) is 12.8 Å². The molecule has 0 aromatic heterocycles. The van der Waals surface area contributed by atoms with E-state index in [0.717, 1.165) is 31.6 Å². The predicted molar refractivity (Wildman–Crippen MR) is 66.3 cm³/mol. The molecule has 0 bridgehead atoms. The normalized spacial score (nSPS) is 26.1. The summed E-state index contributed by atoms with van der Waals surface area (Å²) in [6, 6.07) is 10.1. The van der Waals surface area contributed by atoms with E-state index in [4.69, 9.17) is 0 Å². The zero-order chi connectivity index (χ0) is 11.4. The second-order valence-corrected chi connectivity index (χ2v) is 4.78. The Morgan fingerprint density at radius 3 is 2.75 bits per heavy atom. The van der Waals surface area contributed by atoms with E-state index >= 15 is 0 Å². The summed E-state index contributed by atoms with van der Waals surface area (Å²) in [5.41, 5.74) is 0.448. The largest absolute Gasteiger partial charge is 0.384 e. The Morgan fingerprint density at radius 2 is 2.06 bits per heavy atom. The third kappa shape index (κ3) is 2.45. The van der Waals surface area contributed by atoms with E-state index < -0.39 is 5.60 Å². The molecule has 1 saturated heterocycles. The van der Waals surface area contributed by atoms with Gasteiger partial charge in [0.15, 0.2) is 0 Å². The average molecular weight is 219 g/mol. The molecule has 1 aromatic carbocycles. The van der Waals surface area contributed by atoms with Crippen molar-refractivity contribution in [3.63, 3.8) is 0 Å². The highest BCUT2D eigenvalue weighted by molar-refractivity contribution is 5.24. The summed E-state index contributed by atoms with van der Waals surface area (Å²) in [5, 5.41) is 10.6. The van der Waals surface area contributed by atoms with Gasteiger partial charge in [0.2, 0.25) is 0 Å². The van der Waals surface area contributed by atoms with Crippen molar-refractivity contribution in [2.45, 2.75) is 31.8 Å². The van der Waals surface area contributed by atoms with Crippen LogP contribution in [0.3, 0.4) is 0 Å². The van der Waals surface area contributed by atoms with Gasteiger partial charge < -0.3 is 10.0 Å². The van der Waals surface area contributed by atoms with E-state index in [9.17, 15) is 5.11 Å². The van der Waals surface area contributed by atoms with Gasteiger partial charge in [0.05, 0.1) is 0 Å². The molecular weight excluding hydrogens is 198 g/mol. The minimum absolute atomic E-state index is 0.616. The molecule has 1 aromatic rings. The SMILES string of the molecule is CCCCN1CCC(O)(c2ccccc2)C1. The van der Waals surface area contributed by atoms with Crippen LogP contribution in [0.4, 0.5) is 0 Å². The molecule has 1 atom stereocenters. The molecule has 1 N–H and O–H groups in total. The van der Waals surface area contributed by atoms with E-state index in [1.807, 2.05) is 30.3 Å². The molecule has 1 fully saturated rings. The third-order valence-corrected chi connectivity index (χ3v) is 3.47. The fourth-order valence-corrected chi connectivity index (χ4v) is 2.43. The van der Waals surface area contributed by atoms with E-state index in [0.29, 0.717) is 0 Å². The van der Waals surface area contributed by atoms with Crippen molar-refractivity contribution in [3.05, 3.63) is 35.9 Å². The maximum atomic E-state index is 10.6. The summed E-state index contributed by atoms with van der Waals surface area (Å²) in [4.78, 5) is 2.37. The molecule has 16 heavy (non-hydrogen) atoms. The number of hydrogen-bond acceptors (Lipinski definition) is 2. The summed E-state index contributed by atoms with van der Waals surface area (Å²) in [5.74, 6) is 0. The van der Waals surface area contributed by atoms with Gasteiger partial charge in [-0.25, -0.2) is 0 Å². The molecule has 0 aliphatic carbocycles. The number of rotatable bonds is 4. The minimum Gasteiger partial charge on any atom is -0.384 e. The number of nitrogens with zero attached hydrogens (tertiary/aromatic N) is 1. The summed E-state index contributed by atoms with van der Waals surface area (Å²) < 4.78 is 0. The highest BCUT2D eigenvalue weighted by Crippen LogP contribution is 2.31. The van der Waals surface area contributed by atoms with Crippen molar-refractivity contribution in [1.29, 1.82) is 0 Å². The van der Waals surface area contributed by atoms with Crippen LogP contribution in [0.25, 0.3) is 0 Å². The molecular formula is C14H21NO. The molecule has 1 heterocycles. The molecule has 0 amide bonds. The quantitative estimate of drug-likeness (QED) is 0.840. The lowest BCUT2D eigenvalue weighted by molar-refractivity contribution is 0.0460. The molecule has 1 aliphatic heterocycles. The van der Waals surface area contributed by atoms with Crippen molar-refractivity contribution >= 4 is 0 Å². The van der Waals surface area contributed by atoms with Crippen LogP contribution in [0.2, 0.25) is 0 Å². The van der Waals surface area contributed by atoms with Gasteiger partial charge in [-0.05, 0) is 24.9 Å². The van der Waals surface area contributed by atoms with Gasteiger partial charge >= 0.3 is 0 Å². The Kier molecular flexibility index (Phi) is 3.62. The maximum Gasteiger partial charge on any atom is 0.103 e. The average Bonchev–Trinajstić information content (AvgIpc) is 2.71. The van der Waals surface area contributed by atoms with Crippen LogP contribution in [0.1, 0.15) is 31.7 Å². The van der Waals surface area contributed by atoms with Crippen LogP contribution in [-0.4, -0.2) is 29.6 Å². The topological polar surface area (TPSA) is 23.5 Å². The lowest BCUT2D eigenvalue weighted by atomic mass is 9.93. The van der Waals surface area contributed by atoms with Gasteiger partial charge in [-0.1, -0.05) is 43.7 Å². The number of likely N-dealkylation sites (tertiary alicyclic amines) is 1. The molecule has 0 saturated carbocycles. The van der Waals surface area contributed by atoms with Gasteiger partial charge in [0.25, 0.3) is 0 Å². The minimum atomic E-state index is -0.616. The highest BCUT2D eigenvalue weighted by atomic mass is 16.3. The zero-order valence-corrected chi connectivity index (χ0v) is 10.0. The highest BCUT2D eigenvalue weighted by Gasteiger charge is 2.36. The summed E-state index contributed by atoms with van der Waals surface area (Å²) in [7, 11) is 0. The molecule has 0 radical (unpaired) electrons.